The Balaban J connectivity index is 2.59. The molecule has 0 bridgehead atoms. The third-order valence-corrected chi connectivity index (χ3v) is 2.60. The summed E-state index contributed by atoms with van der Waals surface area (Å²) in [4.78, 5) is 13.5. The minimum atomic E-state index is -0.0888. The Labute approximate surface area is 90.8 Å². The number of nitrogens with one attached hydrogen (secondary N) is 1. The van der Waals surface area contributed by atoms with Crippen LogP contribution in [0.3, 0.4) is 0 Å². The van der Waals surface area contributed by atoms with Crippen molar-refractivity contribution in [3.05, 3.63) is 0 Å². The molecule has 1 unspecified atom stereocenters. The molecule has 1 aliphatic rings. The molecule has 0 radical (unpaired) electrons. The molecule has 14 heavy (non-hydrogen) atoms. The molecule has 0 aromatic heterocycles. The van der Waals surface area contributed by atoms with Crippen LogP contribution in [0.4, 0.5) is 0 Å². The summed E-state index contributed by atoms with van der Waals surface area (Å²) in [5.74, 6) is 0.659. The molecular weight excluding hydrogens is 196 g/mol. The molecule has 0 aromatic rings. The number of hydrogen-bond acceptors (Lipinski definition) is 2. The maximum Gasteiger partial charge on any atom is 0.251 e. The molecule has 4 heteroatoms. The van der Waals surface area contributed by atoms with Crippen molar-refractivity contribution in [3.8, 4) is 0 Å². The first kappa shape index (κ1) is 11.4. The molecule has 80 valence electrons. The molecule has 1 amide bonds. The first-order valence-electron chi connectivity index (χ1n) is 5.18. The maximum atomic E-state index is 11.8. The van der Waals surface area contributed by atoms with E-state index in [-0.39, 0.29) is 11.9 Å². The Bertz CT molecular complexity index is 240. The van der Waals surface area contributed by atoms with Crippen LogP contribution >= 0.6 is 12.2 Å². The van der Waals surface area contributed by atoms with Crippen molar-refractivity contribution < 1.29 is 4.79 Å². The minimum absolute atomic E-state index is 0.0888. The zero-order valence-corrected chi connectivity index (χ0v) is 9.86. The van der Waals surface area contributed by atoms with E-state index in [9.17, 15) is 4.79 Å². The molecule has 1 rings (SSSR count). The summed E-state index contributed by atoms with van der Waals surface area (Å²) in [5, 5.41) is 3.68. The summed E-state index contributed by atoms with van der Waals surface area (Å²) < 4.78 is 0. The Morgan fingerprint density at radius 3 is 2.71 bits per heavy atom. The number of nitrogens with zero attached hydrogens (tertiary/aromatic N) is 1. The van der Waals surface area contributed by atoms with Gasteiger partial charge in [-0.25, -0.2) is 0 Å². The predicted molar refractivity (Wildman–Crippen MR) is 61.0 cm³/mol. The molecule has 1 N–H and O–H groups in total. The summed E-state index contributed by atoms with van der Waals surface area (Å²) in [6, 6.07) is -0.0888. The fraction of sp³-hybridized carbons (Fsp3) is 0.800. The Hall–Kier alpha value is -0.640. The van der Waals surface area contributed by atoms with Crippen LogP contribution in [0.25, 0.3) is 0 Å². The van der Waals surface area contributed by atoms with Gasteiger partial charge < -0.3 is 5.32 Å². The van der Waals surface area contributed by atoms with E-state index in [1.165, 1.54) is 0 Å². The smallest absolute Gasteiger partial charge is 0.251 e. The van der Waals surface area contributed by atoms with E-state index >= 15 is 0 Å². The summed E-state index contributed by atoms with van der Waals surface area (Å²) in [7, 11) is 0. The first-order chi connectivity index (χ1) is 6.56. The van der Waals surface area contributed by atoms with Crippen LogP contribution in [0, 0.1) is 5.92 Å². The Kier molecular flexibility index (Phi) is 3.86. The van der Waals surface area contributed by atoms with Crippen LogP contribution in [-0.4, -0.2) is 28.5 Å². The van der Waals surface area contributed by atoms with Gasteiger partial charge in [0.25, 0.3) is 5.91 Å². The molecule has 3 nitrogen and oxygen atoms in total. The van der Waals surface area contributed by atoms with Crippen molar-refractivity contribution in [2.24, 2.45) is 5.92 Å². The van der Waals surface area contributed by atoms with Crippen LogP contribution in [0.2, 0.25) is 0 Å². The molecule has 1 fully saturated rings. The maximum absolute atomic E-state index is 11.8. The molecule has 1 saturated heterocycles. The number of hydrogen-bond donors (Lipinski definition) is 1. The van der Waals surface area contributed by atoms with Crippen molar-refractivity contribution in [1.29, 1.82) is 0 Å². The van der Waals surface area contributed by atoms with E-state index in [4.69, 9.17) is 12.2 Å². The van der Waals surface area contributed by atoms with Gasteiger partial charge in [-0.05, 0) is 31.0 Å². The second-order valence-corrected chi connectivity index (χ2v) is 4.51. The van der Waals surface area contributed by atoms with E-state index in [1.807, 2.05) is 6.92 Å². The van der Waals surface area contributed by atoms with Crippen molar-refractivity contribution in [2.75, 3.05) is 6.54 Å². The van der Waals surface area contributed by atoms with Crippen LogP contribution in [-0.2, 0) is 4.79 Å². The summed E-state index contributed by atoms with van der Waals surface area (Å²) in [6.45, 7) is 7.01. The van der Waals surface area contributed by atoms with E-state index in [0.717, 1.165) is 19.4 Å². The van der Waals surface area contributed by atoms with Gasteiger partial charge in [-0.15, -0.1) is 0 Å². The third-order valence-electron chi connectivity index (χ3n) is 2.26. The lowest BCUT2D eigenvalue weighted by atomic mass is 10.0. The van der Waals surface area contributed by atoms with E-state index < -0.39 is 0 Å². The number of carbonyl (C=O) groups is 1. The lowest BCUT2D eigenvalue weighted by molar-refractivity contribution is -0.127. The topological polar surface area (TPSA) is 32.3 Å². The van der Waals surface area contributed by atoms with E-state index in [1.54, 1.807) is 4.90 Å². The van der Waals surface area contributed by atoms with Gasteiger partial charge in [0.05, 0.1) is 0 Å². The lowest BCUT2D eigenvalue weighted by Gasteiger charge is -2.13. The largest absolute Gasteiger partial charge is 0.350 e. The zero-order chi connectivity index (χ0) is 10.7. The van der Waals surface area contributed by atoms with Crippen LogP contribution in [0.5, 0.6) is 0 Å². The van der Waals surface area contributed by atoms with Gasteiger partial charge in [-0.2, -0.15) is 0 Å². The van der Waals surface area contributed by atoms with E-state index in [2.05, 4.69) is 19.2 Å². The third kappa shape index (κ3) is 2.44. The van der Waals surface area contributed by atoms with E-state index in [0.29, 0.717) is 11.0 Å². The second kappa shape index (κ2) is 4.73. The Morgan fingerprint density at radius 1 is 1.57 bits per heavy atom. The fourth-order valence-electron chi connectivity index (χ4n) is 1.64. The average Bonchev–Trinajstić information content (AvgIpc) is 2.32. The van der Waals surface area contributed by atoms with Gasteiger partial charge in [0.2, 0.25) is 0 Å². The summed E-state index contributed by atoms with van der Waals surface area (Å²) in [6.07, 6.45) is 1.81. The van der Waals surface area contributed by atoms with Gasteiger partial charge in [0, 0.05) is 6.54 Å². The Morgan fingerprint density at radius 2 is 2.21 bits per heavy atom. The molecule has 1 atom stereocenters. The van der Waals surface area contributed by atoms with Crippen molar-refractivity contribution in [2.45, 2.75) is 39.7 Å². The van der Waals surface area contributed by atoms with Crippen molar-refractivity contribution in [1.82, 2.24) is 10.2 Å². The number of amides is 1. The highest BCUT2D eigenvalue weighted by atomic mass is 32.1. The number of carbonyl (C=O) groups excluding carboxylic acids is 1. The van der Waals surface area contributed by atoms with Gasteiger partial charge in [-0.1, -0.05) is 20.8 Å². The molecular formula is C10H18N2OS. The van der Waals surface area contributed by atoms with Gasteiger partial charge >= 0.3 is 0 Å². The van der Waals surface area contributed by atoms with Crippen LogP contribution in [0.1, 0.15) is 33.6 Å². The zero-order valence-electron chi connectivity index (χ0n) is 9.04. The van der Waals surface area contributed by atoms with Crippen LogP contribution < -0.4 is 5.32 Å². The predicted octanol–water partition coefficient (Wildman–Crippen LogP) is 1.53. The molecule has 0 spiro atoms. The molecule has 1 heterocycles. The van der Waals surface area contributed by atoms with Gasteiger partial charge in [0.1, 0.15) is 6.04 Å². The number of thiocarbonyl (C=S) groups is 1. The summed E-state index contributed by atoms with van der Waals surface area (Å²) in [5.41, 5.74) is 0. The highest BCUT2D eigenvalue weighted by Crippen LogP contribution is 2.14. The first-order valence-corrected chi connectivity index (χ1v) is 5.59. The van der Waals surface area contributed by atoms with Crippen molar-refractivity contribution >= 4 is 23.2 Å². The normalized spacial score (nSPS) is 22.0. The molecule has 0 aliphatic carbocycles. The monoisotopic (exact) mass is 214 g/mol. The quantitative estimate of drug-likeness (QED) is 0.720. The molecule has 0 saturated carbocycles. The second-order valence-electron chi connectivity index (χ2n) is 4.12. The van der Waals surface area contributed by atoms with Gasteiger partial charge in [-0.3, -0.25) is 9.69 Å². The number of rotatable bonds is 4. The minimum Gasteiger partial charge on any atom is -0.350 e. The standard InChI is InChI=1S/C10H18N2OS/c1-4-5-12-9(13)8(6-7(2)3)11-10(12)14/h7-8H,4-6H2,1-3H3,(H,11,14). The average molecular weight is 214 g/mol. The SMILES string of the molecule is CCCN1C(=O)C(CC(C)C)NC1=S. The van der Waals surface area contributed by atoms with Crippen LogP contribution in [0.15, 0.2) is 0 Å². The lowest BCUT2D eigenvalue weighted by Crippen LogP contribution is -2.32. The fourth-order valence-corrected chi connectivity index (χ4v) is 1.97. The summed E-state index contributed by atoms with van der Waals surface area (Å²) >= 11 is 5.11. The highest BCUT2D eigenvalue weighted by molar-refractivity contribution is 7.80. The van der Waals surface area contributed by atoms with Gasteiger partial charge in [0.15, 0.2) is 5.11 Å². The van der Waals surface area contributed by atoms with Crippen molar-refractivity contribution in [3.63, 3.8) is 0 Å². The highest BCUT2D eigenvalue weighted by Gasteiger charge is 2.34. The molecule has 0 aromatic carbocycles. The molecule has 1 aliphatic heterocycles.